The lowest BCUT2D eigenvalue weighted by Gasteiger charge is -2.38. The second kappa shape index (κ2) is 4.64. The van der Waals surface area contributed by atoms with Gasteiger partial charge in [0, 0.05) is 11.0 Å². The lowest BCUT2D eigenvalue weighted by atomic mass is 9.82. The average molecular weight is 269 g/mol. The minimum atomic E-state index is 0.0128. The summed E-state index contributed by atoms with van der Waals surface area (Å²) in [7, 11) is 0. The van der Waals surface area contributed by atoms with Crippen molar-refractivity contribution in [2.45, 2.75) is 24.8 Å². The van der Waals surface area contributed by atoms with Gasteiger partial charge in [0.25, 0.3) is 0 Å². The number of hydrogen-bond acceptors (Lipinski definition) is 2. The van der Waals surface area contributed by atoms with E-state index in [0.29, 0.717) is 6.54 Å². The van der Waals surface area contributed by atoms with E-state index in [1.54, 1.807) is 0 Å². The molecule has 1 aliphatic heterocycles. The van der Waals surface area contributed by atoms with Crippen molar-refractivity contribution >= 4 is 15.9 Å². The summed E-state index contributed by atoms with van der Waals surface area (Å²) in [5.74, 6) is 0. The predicted molar refractivity (Wildman–Crippen MR) is 66.7 cm³/mol. The fourth-order valence-corrected chi connectivity index (χ4v) is 2.54. The molecule has 0 saturated carbocycles. The average Bonchev–Trinajstić information content (AvgIpc) is 2.31. The monoisotopic (exact) mass is 268 g/mol. The van der Waals surface area contributed by atoms with Crippen molar-refractivity contribution in [2.24, 2.45) is 5.73 Å². The van der Waals surface area contributed by atoms with Gasteiger partial charge in [-0.15, -0.1) is 0 Å². The Morgan fingerprint density at radius 2 is 2.00 bits per heavy atom. The second-order valence-electron chi connectivity index (χ2n) is 4.18. The molecule has 1 aromatic carbocycles. The molecule has 82 valence electrons. The van der Waals surface area contributed by atoms with Gasteiger partial charge in [-0.25, -0.2) is 0 Å². The van der Waals surface area contributed by atoms with Gasteiger partial charge in [0.1, 0.15) is 0 Å². The van der Waals surface area contributed by atoms with E-state index in [9.17, 15) is 0 Å². The SMILES string of the molecule is NCC1(c2ccc(Br)cc2)CCCCN1. The molecule has 15 heavy (non-hydrogen) atoms. The Bertz CT molecular complexity index is 315. The summed E-state index contributed by atoms with van der Waals surface area (Å²) in [5, 5.41) is 3.58. The van der Waals surface area contributed by atoms with E-state index in [1.807, 2.05) is 0 Å². The van der Waals surface area contributed by atoms with Crippen molar-refractivity contribution in [3.63, 3.8) is 0 Å². The molecule has 1 saturated heterocycles. The number of benzene rings is 1. The molecular formula is C12H17BrN2. The van der Waals surface area contributed by atoms with Crippen LogP contribution in [-0.4, -0.2) is 13.1 Å². The third-order valence-corrected chi connectivity index (χ3v) is 3.77. The third-order valence-electron chi connectivity index (χ3n) is 3.24. The van der Waals surface area contributed by atoms with Crippen LogP contribution >= 0.6 is 15.9 Å². The van der Waals surface area contributed by atoms with E-state index in [4.69, 9.17) is 5.73 Å². The van der Waals surface area contributed by atoms with Gasteiger partial charge in [-0.3, -0.25) is 0 Å². The van der Waals surface area contributed by atoms with Crippen molar-refractivity contribution < 1.29 is 0 Å². The van der Waals surface area contributed by atoms with Gasteiger partial charge in [0.05, 0.1) is 5.54 Å². The van der Waals surface area contributed by atoms with Crippen LogP contribution in [0.3, 0.4) is 0 Å². The summed E-state index contributed by atoms with van der Waals surface area (Å²) >= 11 is 3.46. The molecule has 2 rings (SSSR count). The number of hydrogen-bond donors (Lipinski definition) is 2. The van der Waals surface area contributed by atoms with Crippen LogP contribution in [-0.2, 0) is 5.54 Å². The molecule has 1 atom stereocenters. The standard InChI is InChI=1S/C12H17BrN2/c13-11-5-3-10(4-6-11)12(9-14)7-1-2-8-15-12/h3-6,15H,1-2,7-9,14H2. The van der Waals surface area contributed by atoms with Gasteiger partial charge in [-0.05, 0) is 43.5 Å². The molecule has 0 aliphatic carbocycles. The fraction of sp³-hybridized carbons (Fsp3) is 0.500. The quantitative estimate of drug-likeness (QED) is 0.865. The van der Waals surface area contributed by atoms with Crippen LogP contribution in [0.15, 0.2) is 28.7 Å². The van der Waals surface area contributed by atoms with E-state index >= 15 is 0 Å². The Morgan fingerprint density at radius 1 is 1.27 bits per heavy atom. The highest BCUT2D eigenvalue weighted by Gasteiger charge is 2.31. The summed E-state index contributed by atoms with van der Waals surface area (Å²) in [5.41, 5.74) is 7.26. The number of nitrogens with one attached hydrogen (secondary N) is 1. The lowest BCUT2D eigenvalue weighted by molar-refractivity contribution is 0.265. The van der Waals surface area contributed by atoms with Crippen LogP contribution in [0.4, 0.5) is 0 Å². The summed E-state index contributed by atoms with van der Waals surface area (Å²) in [4.78, 5) is 0. The van der Waals surface area contributed by atoms with Crippen molar-refractivity contribution in [3.8, 4) is 0 Å². The zero-order valence-electron chi connectivity index (χ0n) is 8.80. The highest BCUT2D eigenvalue weighted by molar-refractivity contribution is 9.10. The van der Waals surface area contributed by atoms with Crippen molar-refractivity contribution in [1.82, 2.24) is 5.32 Å². The molecule has 3 N–H and O–H groups in total. The maximum Gasteiger partial charge on any atom is 0.0558 e. The highest BCUT2D eigenvalue weighted by atomic mass is 79.9. The molecule has 0 bridgehead atoms. The molecule has 1 aliphatic rings. The number of halogens is 1. The maximum atomic E-state index is 5.93. The first kappa shape index (κ1) is 11.1. The molecule has 0 spiro atoms. The largest absolute Gasteiger partial charge is 0.328 e. The first-order valence-corrected chi connectivity index (χ1v) is 6.27. The highest BCUT2D eigenvalue weighted by Crippen LogP contribution is 2.30. The van der Waals surface area contributed by atoms with Crippen molar-refractivity contribution in [1.29, 1.82) is 0 Å². The zero-order chi connectivity index (χ0) is 10.7. The van der Waals surface area contributed by atoms with Crippen LogP contribution in [0.25, 0.3) is 0 Å². The molecule has 1 aromatic rings. The Morgan fingerprint density at radius 3 is 2.53 bits per heavy atom. The van der Waals surface area contributed by atoms with Crippen molar-refractivity contribution in [3.05, 3.63) is 34.3 Å². The summed E-state index contributed by atoms with van der Waals surface area (Å²) in [6.45, 7) is 1.75. The first-order valence-electron chi connectivity index (χ1n) is 5.48. The van der Waals surface area contributed by atoms with Gasteiger partial charge < -0.3 is 11.1 Å². The molecule has 2 nitrogen and oxygen atoms in total. The van der Waals surface area contributed by atoms with Gasteiger partial charge in [0.15, 0.2) is 0 Å². The smallest absolute Gasteiger partial charge is 0.0558 e. The molecule has 3 heteroatoms. The van der Waals surface area contributed by atoms with Crippen LogP contribution in [0.1, 0.15) is 24.8 Å². The second-order valence-corrected chi connectivity index (χ2v) is 5.09. The first-order chi connectivity index (χ1) is 7.27. The maximum absolute atomic E-state index is 5.93. The number of nitrogens with two attached hydrogens (primary N) is 1. The zero-order valence-corrected chi connectivity index (χ0v) is 10.4. The normalized spacial score (nSPS) is 26.5. The minimum Gasteiger partial charge on any atom is -0.328 e. The molecule has 0 aromatic heterocycles. The van der Waals surface area contributed by atoms with E-state index in [1.165, 1.54) is 18.4 Å². The Kier molecular flexibility index (Phi) is 3.44. The number of piperidine rings is 1. The third kappa shape index (κ3) is 2.25. The minimum absolute atomic E-state index is 0.0128. The molecule has 1 heterocycles. The number of rotatable bonds is 2. The van der Waals surface area contributed by atoms with Crippen LogP contribution in [0.5, 0.6) is 0 Å². The van der Waals surface area contributed by atoms with Gasteiger partial charge >= 0.3 is 0 Å². The molecule has 0 radical (unpaired) electrons. The predicted octanol–water partition coefficient (Wildman–Crippen LogP) is 2.38. The summed E-state index contributed by atoms with van der Waals surface area (Å²) < 4.78 is 1.12. The molecule has 0 amide bonds. The molecular weight excluding hydrogens is 252 g/mol. The van der Waals surface area contributed by atoms with E-state index in [0.717, 1.165) is 17.4 Å². The summed E-state index contributed by atoms with van der Waals surface area (Å²) in [6, 6.07) is 8.50. The topological polar surface area (TPSA) is 38.0 Å². The molecule has 1 unspecified atom stereocenters. The molecule has 1 fully saturated rings. The van der Waals surface area contributed by atoms with Gasteiger partial charge in [-0.2, -0.15) is 0 Å². The lowest BCUT2D eigenvalue weighted by Crippen LogP contribution is -2.51. The van der Waals surface area contributed by atoms with Crippen LogP contribution in [0, 0.1) is 0 Å². The van der Waals surface area contributed by atoms with E-state index in [2.05, 4.69) is 45.5 Å². The fourth-order valence-electron chi connectivity index (χ4n) is 2.28. The van der Waals surface area contributed by atoms with Gasteiger partial charge in [0.2, 0.25) is 0 Å². The summed E-state index contributed by atoms with van der Waals surface area (Å²) in [6.07, 6.45) is 3.67. The Balaban J connectivity index is 2.28. The van der Waals surface area contributed by atoms with E-state index < -0.39 is 0 Å². The van der Waals surface area contributed by atoms with Crippen molar-refractivity contribution in [2.75, 3.05) is 13.1 Å². The van der Waals surface area contributed by atoms with Crippen LogP contribution in [0.2, 0.25) is 0 Å². The Hall–Kier alpha value is -0.380. The van der Waals surface area contributed by atoms with E-state index in [-0.39, 0.29) is 5.54 Å². The Labute approximate surface area is 99.4 Å². The van der Waals surface area contributed by atoms with Crippen LogP contribution < -0.4 is 11.1 Å². The van der Waals surface area contributed by atoms with Gasteiger partial charge in [-0.1, -0.05) is 28.1 Å².